The lowest BCUT2D eigenvalue weighted by molar-refractivity contribution is 0.450. The van der Waals surface area contributed by atoms with Crippen LogP contribution in [0, 0.1) is 25.2 Å². The van der Waals surface area contributed by atoms with E-state index in [1.165, 1.54) is 0 Å². The lowest BCUT2D eigenvalue weighted by Crippen LogP contribution is -1.99. The minimum atomic E-state index is 0.575. The molecule has 0 radical (unpaired) electrons. The van der Waals surface area contributed by atoms with Crippen molar-refractivity contribution in [1.82, 2.24) is 9.72 Å². The molecule has 2 aromatic heterocycles. The standard InChI is InChI=1S/C14H10BrN3O/c1-8-3-4-9(2)18(8)14-11-5-10(7-16)6-12(15)13(11)19-17-14/h3-6H,1-2H3. The van der Waals surface area contributed by atoms with E-state index in [-0.39, 0.29) is 0 Å². The van der Waals surface area contributed by atoms with Gasteiger partial charge in [-0.3, -0.25) is 4.57 Å². The largest absolute Gasteiger partial charge is 0.353 e. The molecule has 5 heteroatoms. The van der Waals surface area contributed by atoms with Crippen molar-refractivity contribution in [3.63, 3.8) is 0 Å². The van der Waals surface area contributed by atoms with Gasteiger partial charge < -0.3 is 4.52 Å². The number of aryl methyl sites for hydroxylation is 2. The van der Waals surface area contributed by atoms with Gasteiger partial charge in [0.25, 0.3) is 0 Å². The average Bonchev–Trinajstić information content (AvgIpc) is 2.93. The first-order valence-electron chi connectivity index (χ1n) is 5.76. The molecule has 0 fully saturated rings. The van der Waals surface area contributed by atoms with Gasteiger partial charge in [0.15, 0.2) is 11.4 Å². The maximum Gasteiger partial charge on any atom is 0.188 e. The van der Waals surface area contributed by atoms with Crippen LogP contribution in [0.3, 0.4) is 0 Å². The highest BCUT2D eigenvalue weighted by molar-refractivity contribution is 9.10. The van der Waals surface area contributed by atoms with Crippen LogP contribution in [0.15, 0.2) is 33.3 Å². The number of aromatic nitrogens is 2. The summed E-state index contributed by atoms with van der Waals surface area (Å²) in [6.45, 7) is 4.02. The predicted octanol–water partition coefficient (Wildman–Crippen LogP) is 3.87. The molecule has 94 valence electrons. The number of nitrogens with zero attached hydrogens (tertiary/aromatic N) is 3. The third kappa shape index (κ3) is 1.76. The second kappa shape index (κ2) is 4.25. The highest BCUT2D eigenvalue weighted by Gasteiger charge is 2.16. The molecule has 2 heterocycles. The molecule has 3 rings (SSSR count). The fourth-order valence-corrected chi connectivity index (χ4v) is 2.75. The molecule has 3 aromatic rings. The Morgan fingerprint density at radius 2 is 1.95 bits per heavy atom. The minimum Gasteiger partial charge on any atom is -0.353 e. The van der Waals surface area contributed by atoms with E-state index in [2.05, 4.69) is 27.2 Å². The van der Waals surface area contributed by atoms with Gasteiger partial charge in [0.2, 0.25) is 0 Å². The van der Waals surface area contributed by atoms with E-state index < -0.39 is 0 Å². The van der Waals surface area contributed by atoms with Crippen molar-refractivity contribution < 1.29 is 4.52 Å². The topological polar surface area (TPSA) is 54.8 Å². The number of fused-ring (bicyclic) bond motifs is 1. The van der Waals surface area contributed by atoms with Crippen molar-refractivity contribution in [2.45, 2.75) is 13.8 Å². The quantitative estimate of drug-likeness (QED) is 0.685. The predicted molar refractivity (Wildman–Crippen MR) is 75.2 cm³/mol. The first-order chi connectivity index (χ1) is 9.11. The van der Waals surface area contributed by atoms with Crippen molar-refractivity contribution >= 4 is 26.9 Å². The second-order valence-corrected chi connectivity index (χ2v) is 5.26. The number of nitriles is 1. The molecule has 0 unspecified atom stereocenters. The van der Waals surface area contributed by atoms with Crippen LogP contribution in [0.4, 0.5) is 0 Å². The minimum absolute atomic E-state index is 0.575. The normalized spacial score (nSPS) is 10.8. The van der Waals surface area contributed by atoms with Crippen LogP contribution in [0.2, 0.25) is 0 Å². The van der Waals surface area contributed by atoms with Crippen LogP contribution in [0.1, 0.15) is 17.0 Å². The van der Waals surface area contributed by atoms with Crippen LogP contribution in [-0.4, -0.2) is 9.72 Å². The second-order valence-electron chi connectivity index (χ2n) is 4.40. The van der Waals surface area contributed by atoms with Crippen molar-refractivity contribution in [3.8, 4) is 11.9 Å². The molecule has 4 nitrogen and oxygen atoms in total. The number of rotatable bonds is 1. The fraction of sp³-hybridized carbons (Fsp3) is 0.143. The van der Waals surface area contributed by atoms with Gasteiger partial charge in [0.1, 0.15) is 0 Å². The molecule has 0 aliphatic rings. The third-order valence-corrected chi connectivity index (χ3v) is 3.71. The first kappa shape index (κ1) is 12.0. The molecule has 0 bridgehead atoms. The molecule has 1 aromatic carbocycles. The van der Waals surface area contributed by atoms with Crippen LogP contribution < -0.4 is 0 Å². The summed E-state index contributed by atoms with van der Waals surface area (Å²) in [4.78, 5) is 0. The van der Waals surface area contributed by atoms with E-state index in [1.807, 2.05) is 30.5 Å². The van der Waals surface area contributed by atoms with E-state index in [1.54, 1.807) is 12.1 Å². The van der Waals surface area contributed by atoms with E-state index >= 15 is 0 Å². The Labute approximate surface area is 118 Å². The summed E-state index contributed by atoms with van der Waals surface area (Å²) in [5.41, 5.74) is 3.38. The molecule has 0 spiro atoms. The van der Waals surface area contributed by atoms with Gasteiger partial charge in [-0.1, -0.05) is 5.16 Å². The zero-order chi connectivity index (χ0) is 13.6. The molecular formula is C14H10BrN3O. The summed E-state index contributed by atoms with van der Waals surface area (Å²) in [6.07, 6.45) is 0. The Morgan fingerprint density at radius 1 is 1.26 bits per heavy atom. The van der Waals surface area contributed by atoms with Crippen molar-refractivity contribution in [2.24, 2.45) is 0 Å². The van der Waals surface area contributed by atoms with Crippen LogP contribution >= 0.6 is 15.9 Å². The van der Waals surface area contributed by atoms with Crippen molar-refractivity contribution in [3.05, 3.63) is 45.7 Å². The van der Waals surface area contributed by atoms with E-state index in [4.69, 9.17) is 9.78 Å². The van der Waals surface area contributed by atoms with E-state index in [9.17, 15) is 0 Å². The fourth-order valence-electron chi connectivity index (χ4n) is 2.22. The monoisotopic (exact) mass is 315 g/mol. The lowest BCUT2D eigenvalue weighted by Gasteiger charge is -2.05. The number of benzene rings is 1. The maximum absolute atomic E-state index is 9.06. The van der Waals surface area contributed by atoms with Gasteiger partial charge in [-0.15, -0.1) is 0 Å². The van der Waals surface area contributed by atoms with Gasteiger partial charge in [-0.25, -0.2) is 0 Å². The molecular weight excluding hydrogens is 306 g/mol. The molecule has 0 N–H and O–H groups in total. The Balaban J connectivity index is 2.38. The zero-order valence-electron chi connectivity index (χ0n) is 10.4. The maximum atomic E-state index is 9.06. The summed E-state index contributed by atoms with van der Waals surface area (Å²) < 4.78 is 8.14. The SMILES string of the molecule is Cc1ccc(C)n1-c1noc2c(Br)cc(C#N)cc12. The summed E-state index contributed by atoms with van der Waals surface area (Å²) in [5, 5.41) is 14.0. The Bertz CT molecular complexity index is 804. The van der Waals surface area contributed by atoms with Gasteiger partial charge in [-0.2, -0.15) is 5.26 Å². The lowest BCUT2D eigenvalue weighted by atomic mass is 10.2. The van der Waals surface area contributed by atoms with Gasteiger partial charge in [0.05, 0.1) is 21.5 Å². The first-order valence-corrected chi connectivity index (χ1v) is 6.55. The van der Waals surface area contributed by atoms with Gasteiger partial charge in [-0.05, 0) is 54.0 Å². The van der Waals surface area contributed by atoms with E-state index in [0.717, 1.165) is 21.2 Å². The Hall–Kier alpha value is -2.06. The van der Waals surface area contributed by atoms with Crippen LogP contribution in [0.25, 0.3) is 16.8 Å². The van der Waals surface area contributed by atoms with E-state index in [0.29, 0.717) is 17.0 Å². The summed E-state index contributed by atoms with van der Waals surface area (Å²) in [7, 11) is 0. The zero-order valence-corrected chi connectivity index (χ0v) is 12.0. The Morgan fingerprint density at radius 3 is 2.58 bits per heavy atom. The molecule has 0 amide bonds. The molecule has 0 aliphatic carbocycles. The number of hydrogen-bond donors (Lipinski definition) is 0. The summed E-state index contributed by atoms with van der Waals surface area (Å²) >= 11 is 3.41. The summed E-state index contributed by atoms with van der Waals surface area (Å²) in [5.74, 6) is 0.716. The van der Waals surface area contributed by atoms with Crippen LogP contribution in [0.5, 0.6) is 0 Å². The molecule has 0 aliphatic heterocycles. The average molecular weight is 316 g/mol. The summed E-state index contributed by atoms with van der Waals surface area (Å²) in [6, 6.07) is 9.72. The number of hydrogen-bond acceptors (Lipinski definition) is 3. The highest BCUT2D eigenvalue weighted by Crippen LogP contribution is 2.31. The van der Waals surface area contributed by atoms with Crippen LogP contribution in [-0.2, 0) is 0 Å². The van der Waals surface area contributed by atoms with Crippen molar-refractivity contribution in [2.75, 3.05) is 0 Å². The molecule has 0 saturated carbocycles. The molecule has 0 atom stereocenters. The Kier molecular flexibility index (Phi) is 2.68. The van der Waals surface area contributed by atoms with Crippen molar-refractivity contribution in [1.29, 1.82) is 5.26 Å². The smallest absolute Gasteiger partial charge is 0.188 e. The number of halogens is 1. The molecule has 0 saturated heterocycles. The molecule has 19 heavy (non-hydrogen) atoms. The van der Waals surface area contributed by atoms with Gasteiger partial charge >= 0.3 is 0 Å². The highest BCUT2D eigenvalue weighted by atomic mass is 79.9. The van der Waals surface area contributed by atoms with Gasteiger partial charge in [0, 0.05) is 11.4 Å². The third-order valence-electron chi connectivity index (χ3n) is 3.12.